The molecule has 2 fully saturated rings. The lowest BCUT2D eigenvalue weighted by Crippen LogP contribution is -2.61. The number of nitrogens with zero attached hydrogens (tertiary/aromatic N) is 3. The van der Waals surface area contributed by atoms with E-state index in [1.165, 1.54) is 13.8 Å². The van der Waals surface area contributed by atoms with Crippen molar-refractivity contribution in [2.75, 3.05) is 25.6 Å². The van der Waals surface area contributed by atoms with Crippen LogP contribution in [0.1, 0.15) is 34.1 Å². The van der Waals surface area contributed by atoms with E-state index in [4.69, 9.17) is 61.9 Å². The molecule has 8 atom stereocenters. The molecule has 2 heterocycles. The van der Waals surface area contributed by atoms with Gasteiger partial charge in [-0.1, -0.05) is 5.11 Å². The summed E-state index contributed by atoms with van der Waals surface area (Å²) in [5, 5.41) is 2.42. The zero-order valence-electron chi connectivity index (χ0n) is 20.7. The highest BCUT2D eigenvalue weighted by Gasteiger charge is 2.54. The smallest absolute Gasteiger partial charge is 0.303 e. The van der Waals surface area contributed by atoms with Gasteiger partial charge >= 0.3 is 23.9 Å². The molecule has 0 spiro atoms. The van der Waals surface area contributed by atoms with Crippen LogP contribution < -0.4 is 0 Å². The van der Waals surface area contributed by atoms with Gasteiger partial charge in [-0.15, -0.1) is 23.2 Å². The van der Waals surface area contributed by atoms with Crippen LogP contribution in [0.4, 0.5) is 0 Å². The fourth-order valence-electron chi connectivity index (χ4n) is 4.01. The molecule has 16 heteroatoms. The fourth-order valence-corrected chi connectivity index (χ4v) is 4.65. The first-order valence-corrected chi connectivity index (χ1v) is 12.2. The molecule has 2 aliphatic rings. The van der Waals surface area contributed by atoms with Gasteiger partial charge in [-0.3, -0.25) is 19.2 Å². The van der Waals surface area contributed by atoms with Gasteiger partial charge in [0.25, 0.3) is 0 Å². The van der Waals surface area contributed by atoms with Crippen molar-refractivity contribution in [1.82, 2.24) is 0 Å². The van der Waals surface area contributed by atoms with Gasteiger partial charge < -0.3 is 33.2 Å². The third kappa shape index (κ3) is 8.59. The summed E-state index contributed by atoms with van der Waals surface area (Å²) < 4.78 is 39.0. The zero-order valence-corrected chi connectivity index (χ0v) is 22.2. The van der Waals surface area contributed by atoms with Gasteiger partial charge in [0.15, 0.2) is 18.3 Å². The second-order valence-corrected chi connectivity index (χ2v) is 9.12. The molecular weight excluding hydrogens is 541 g/mol. The van der Waals surface area contributed by atoms with Gasteiger partial charge in [-0.05, 0) is 5.53 Å². The number of azide groups is 1. The largest absolute Gasteiger partial charge is 0.463 e. The number of halogens is 2. The standard InChI is InChI=1S/C21H29Cl2N3O11/c1-10(27)31-7-15-18(23)20(35-13(4)30)19(34-12(3)29)16(36-15)8-32-21(9-22)17(33-11(2)28)5-14(37-21)6-25-26-24/h14-20H,5-9H2,1-4H3/t14-,15+,16+,17-,18-,19-,20-,21+/m0/s1. The first kappa shape index (κ1) is 30.9. The van der Waals surface area contributed by atoms with Crippen LogP contribution in [-0.2, 0) is 52.3 Å². The Morgan fingerprint density at radius 1 is 0.973 bits per heavy atom. The Morgan fingerprint density at radius 2 is 1.59 bits per heavy atom. The van der Waals surface area contributed by atoms with E-state index < -0.39 is 71.7 Å². The lowest BCUT2D eigenvalue weighted by Gasteiger charge is -2.44. The van der Waals surface area contributed by atoms with E-state index >= 15 is 0 Å². The summed E-state index contributed by atoms with van der Waals surface area (Å²) in [6.07, 6.45) is -6.02. The van der Waals surface area contributed by atoms with E-state index in [0.29, 0.717) is 0 Å². The van der Waals surface area contributed by atoms with Crippen molar-refractivity contribution in [2.45, 2.75) is 81.9 Å². The van der Waals surface area contributed by atoms with Crippen molar-refractivity contribution in [1.29, 1.82) is 0 Å². The molecule has 0 amide bonds. The molecule has 0 radical (unpaired) electrons. The second kappa shape index (κ2) is 14.0. The second-order valence-electron chi connectivity index (χ2n) is 8.35. The molecule has 14 nitrogen and oxygen atoms in total. The maximum Gasteiger partial charge on any atom is 0.303 e. The average Bonchev–Trinajstić information content (AvgIpc) is 3.14. The van der Waals surface area contributed by atoms with Crippen molar-refractivity contribution in [3.05, 3.63) is 10.4 Å². The Hall–Kier alpha value is -2.35. The van der Waals surface area contributed by atoms with Crippen molar-refractivity contribution in [3.63, 3.8) is 0 Å². The molecular formula is C21H29Cl2N3O11. The van der Waals surface area contributed by atoms with Crippen LogP contribution in [0.3, 0.4) is 0 Å². The van der Waals surface area contributed by atoms with E-state index in [9.17, 15) is 19.2 Å². The lowest BCUT2D eigenvalue weighted by molar-refractivity contribution is -0.276. The average molecular weight is 570 g/mol. The molecule has 0 bridgehead atoms. The van der Waals surface area contributed by atoms with Crippen LogP contribution in [0.15, 0.2) is 5.11 Å². The quantitative estimate of drug-likeness (QED) is 0.0882. The van der Waals surface area contributed by atoms with E-state index in [0.717, 1.165) is 13.8 Å². The van der Waals surface area contributed by atoms with Crippen LogP contribution in [0.25, 0.3) is 10.4 Å². The van der Waals surface area contributed by atoms with E-state index in [1.54, 1.807) is 0 Å². The van der Waals surface area contributed by atoms with Crippen LogP contribution >= 0.6 is 23.2 Å². The predicted molar refractivity (Wildman–Crippen MR) is 125 cm³/mol. The number of hydrogen-bond donors (Lipinski definition) is 0. The van der Waals surface area contributed by atoms with Gasteiger partial charge in [-0.2, -0.15) is 0 Å². The molecule has 2 rings (SSSR count). The predicted octanol–water partition coefficient (Wildman–Crippen LogP) is 1.77. The van der Waals surface area contributed by atoms with Crippen LogP contribution in [0.5, 0.6) is 0 Å². The summed E-state index contributed by atoms with van der Waals surface area (Å²) in [7, 11) is 0. The summed E-state index contributed by atoms with van der Waals surface area (Å²) in [4.78, 5) is 49.4. The summed E-state index contributed by atoms with van der Waals surface area (Å²) in [6, 6.07) is 0. The first-order valence-electron chi connectivity index (χ1n) is 11.3. The molecule has 0 aromatic heterocycles. The van der Waals surface area contributed by atoms with Gasteiger partial charge in [-0.25, -0.2) is 0 Å². The molecule has 208 valence electrons. The third-order valence-corrected chi connectivity index (χ3v) is 6.33. The molecule has 2 saturated heterocycles. The highest BCUT2D eigenvalue weighted by Crippen LogP contribution is 2.38. The van der Waals surface area contributed by atoms with E-state index in [2.05, 4.69) is 10.0 Å². The maximum absolute atomic E-state index is 11.9. The lowest BCUT2D eigenvalue weighted by atomic mass is 9.97. The minimum Gasteiger partial charge on any atom is -0.463 e. The highest BCUT2D eigenvalue weighted by atomic mass is 35.5. The van der Waals surface area contributed by atoms with E-state index in [-0.39, 0.29) is 32.1 Å². The number of hydrogen-bond acceptors (Lipinski definition) is 12. The summed E-state index contributed by atoms with van der Waals surface area (Å²) in [5.41, 5.74) is 8.64. The van der Waals surface area contributed by atoms with Crippen molar-refractivity contribution < 1.29 is 52.3 Å². The van der Waals surface area contributed by atoms with Gasteiger partial charge in [0.05, 0.1) is 25.1 Å². The molecule has 0 aromatic carbocycles. The highest BCUT2D eigenvalue weighted by molar-refractivity contribution is 6.21. The summed E-state index contributed by atoms with van der Waals surface area (Å²) in [5.74, 6) is -4.61. The molecule has 2 aliphatic heterocycles. The number of rotatable bonds is 11. The minimum atomic E-state index is -1.67. The Kier molecular flexibility index (Phi) is 11.7. The van der Waals surface area contributed by atoms with Gasteiger partial charge in [0.2, 0.25) is 5.79 Å². The molecule has 0 unspecified atom stereocenters. The number of ether oxygens (including phenoxy) is 7. The SMILES string of the molecule is CC(=O)OC[C@H]1O[C@H](CO[C@]2(CCl)O[C@H](CN=[N+]=[N-])C[C@@H]2OC(C)=O)[C@H](OC(C)=O)[C@@H](OC(C)=O)[C@H]1Cl. The van der Waals surface area contributed by atoms with Gasteiger partial charge in [0.1, 0.15) is 24.2 Å². The summed E-state index contributed by atoms with van der Waals surface area (Å²) >= 11 is 12.7. The molecule has 0 saturated carbocycles. The van der Waals surface area contributed by atoms with Gasteiger partial charge in [0, 0.05) is 39.0 Å². The Labute approximate surface area is 222 Å². The molecule has 0 N–H and O–H groups in total. The van der Waals surface area contributed by atoms with E-state index in [1.807, 2.05) is 0 Å². The molecule has 0 aromatic rings. The zero-order chi connectivity index (χ0) is 27.8. The topological polar surface area (TPSA) is 182 Å². The normalized spacial score (nSPS) is 33.1. The number of alkyl halides is 2. The van der Waals surface area contributed by atoms with Crippen LogP contribution in [0, 0.1) is 0 Å². The van der Waals surface area contributed by atoms with Crippen molar-refractivity contribution in [2.24, 2.45) is 5.11 Å². The Bertz CT molecular complexity index is 903. The Balaban J connectivity index is 2.34. The van der Waals surface area contributed by atoms with Crippen LogP contribution in [0.2, 0.25) is 0 Å². The number of carbonyl (C=O) groups is 4. The Morgan fingerprint density at radius 3 is 2.14 bits per heavy atom. The minimum absolute atomic E-state index is 0.0703. The maximum atomic E-state index is 11.9. The third-order valence-electron chi connectivity index (χ3n) is 5.43. The van der Waals surface area contributed by atoms with Crippen LogP contribution in [-0.4, -0.2) is 97.3 Å². The fraction of sp³-hybridized carbons (Fsp3) is 0.810. The van der Waals surface area contributed by atoms with Crippen molar-refractivity contribution in [3.8, 4) is 0 Å². The molecule has 37 heavy (non-hydrogen) atoms. The first-order chi connectivity index (χ1) is 17.4. The van der Waals surface area contributed by atoms with Crippen molar-refractivity contribution >= 4 is 47.1 Å². The molecule has 0 aliphatic carbocycles. The number of esters is 4. The monoisotopic (exact) mass is 569 g/mol. The number of carbonyl (C=O) groups excluding carboxylic acids is 4. The summed E-state index contributed by atoms with van der Waals surface area (Å²) in [6.45, 7) is 3.97.